The van der Waals surface area contributed by atoms with E-state index in [1.807, 2.05) is 9.80 Å². The molecule has 0 saturated carbocycles. The fourth-order valence-electron chi connectivity index (χ4n) is 6.94. The summed E-state index contributed by atoms with van der Waals surface area (Å²) in [5.74, 6) is -0.266. The van der Waals surface area contributed by atoms with Crippen LogP contribution >= 0.6 is 0 Å². The molecular weight excluding hydrogens is 684 g/mol. The smallest absolute Gasteiger partial charge is 0.266 e. The molecule has 4 N–H and O–H groups in total. The number of rotatable bonds is 8. The second-order valence-corrected chi connectivity index (χ2v) is 13.7. The molecule has 2 aromatic carbocycles. The van der Waals surface area contributed by atoms with E-state index < -0.39 is 36.9 Å². The molecule has 4 heterocycles. The monoisotopic (exact) mass is 728 g/mol. The molecule has 2 aromatic heterocycles. The Morgan fingerprint density at radius 3 is 1.31 bits per heavy atom. The van der Waals surface area contributed by atoms with Gasteiger partial charge in [-0.15, -0.1) is 0 Å². The minimum Gasteiger partial charge on any atom is -0.384 e. The normalized spacial score (nSPS) is 21.8. The second kappa shape index (κ2) is 16.8. The van der Waals surface area contributed by atoms with E-state index in [4.69, 9.17) is 0 Å². The Kier molecular flexibility index (Phi) is 12.4. The van der Waals surface area contributed by atoms with Crippen LogP contribution in [-0.2, 0) is 9.59 Å². The molecule has 4 aromatic rings. The molecule has 2 saturated heterocycles. The summed E-state index contributed by atoms with van der Waals surface area (Å²) >= 11 is 0. The van der Waals surface area contributed by atoms with Crippen LogP contribution in [0.3, 0.4) is 0 Å². The molecule has 2 aliphatic rings. The van der Waals surface area contributed by atoms with Crippen molar-refractivity contribution in [1.29, 1.82) is 0 Å². The Morgan fingerprint density at radius 1 is 0.635 bits per heavy atom. The Bertz CT molecular complexity index is 1730. The number of benzene rings is 2. The lowest BCUT2D eigenvalue weighted by Gasteiger charge is -2.38. The van der Waals surface area contributed by atoms with E-state index in [1.165, 1.54) is 50.8 Å². The number of aliphatic hydroxyl groups excluding tert-OH is 2. The van der Waals surface area contributed by atoms with Crippen molar-refractivity contribution in [3.8, 4) is 0 Å². The summed E-state index contributed by atoms with van der Waals surface area (Å²) in [6.45, 7) is 9.45. The summed E-state index contributed by atoms with van der Waals surface area (Å²) in [5, 5.41) is 24.5. The van der Waals surface area contributed by atoms with Gasteiger partial charge in [-0.2, -0.15) is 0 Å². The molecule has 0 bridgehead atoms. The predicted molar refractivity (Wildman–Crippen MR) is 188 cm³/mol. The Balaban J connectivity index is 0.000000201. The first-order valence-corrected chi connectivity index (χ1v) is 17.2. The number of anilines is 2. The third-order valence-corrected chi connectivity index (χ3v) is 9.19. The van der Waals surface area contributed by atoms with Crippen molar-refractivity contribution in [1.82, 2.24) is 30.6 Å². The van der Waals surface area contributed by atoms with Crippen LogP contribution in [0.5, 0.6) is 0 Å². The molecule has 2 amide bonds. The minimum atomic E-state index is -2.62. The van der Waals surface area contributed by atoms with Crippen molar-refractivity contribution in [2.75, 3.05) is 36.0 Å². The fourth-order valence-corrected chi connectivity index (χ4v) is 6.94. The number of amides is 2. The number of alkyl halides is 4. The first-order chi connectivity index (χ1) is 24.7. The van der Waals surface area contributed by atoms with E-state index >= 15 is 0 Å². The van der Waals surface area contributed by atoms with Crippen molar-refractivity contribution in [2.24, 2.45) is 11.8 Å². The fraction of sp³-hybridized carbons (Fsp3) is 0.500. The lowest BCUT2D eigenvalue weighted by Crippen LogP contribution is -2.52. The molecule has 6 atom stereocenters. The number of nitrogens with one attached hydrogen (secondary N) is 2. The zero-order valence-corrected chi connectivity index (χ0v) is 29.4. The number of carbonyl (C=O) groups excluding carboxylic acids is 2. The van der Waals surface area contributed by atoms with Crippen LogP contribution in [0, 0.1) is 11.8 Å². The summed E-state index contributed by atoms with van der Waals surface area (Å²) < 4.78 is 53.0. The molecule has 280 valence electrons. The third-order valence-electron chi connectivity index (χ3n) is 9.19. The lowest BCUT2D eigenvalue weighted by atomic mass is 9.94. The predicted octanol–water partition coefficient (Wildman–Crippen LogP) is 4.56. The van der Waals surface area contributed by atoms with E-state index in [0.29, 0.717) is 24.1 Å². The molecule has 52 heavy (non-hydrogen) atoms. The van der Waals surface area contributed by atoms with Gasteiger partial charge in [-0.3, -0.25) is 29.5 Å². The van der Waals surface area contributed by atoms with Gasteiger partial charge in [0.05, 0.1) is 22.4 Å². The van der Waals surface area contributed by atoms with Gasteiger partial charge >= 0.3 is 0 Å². The Labute approximate surface area is 298 Å². The SMILES string of the molecule is CC(O)C(=O)N[C@@H]1C[C@H](C)CN(c2ccc(C(F)F)c3nccnc23)C1.CC(O)C(=O)N[C@@H]1C[C@H](C)CN(c2ccc(C(F)F)c3nccnc23)C1. The molecule has 0 aliphatic carbocycles. The van der Waals surface area contributed by atoms with Crippen LogP contribution in [0.1, 0.15) is 64.5 Å². The van der Waals surface area contributed by atoms with Gasteiger partial charge in [0.1, 0.15) is 23.2 Å². The van der Waals surface area contributed by atoms with Crippen LogP contribution in [0.2, 0.25) is 0 Å². The highest BCUT2D eigenvalue weighted by Crippen LogP contribution is 2.35. The van der Waals surface area contributed by atoms with E-state index in [0.717, 1.165) is 37.3 Å². The van der Waals surface area contributed by atoms with Crippen LogP contribution < -0.4 is 20.4 Å². The summed E-state index contributed by atoms with van der Waals surface area (Å²) in [5.41, 5.74) is 2.42. The van der Waals surface area contributed by atoms with E-state index in [-0.39, 0.29) is 46.1 Å². The zero-order chi connectivity index (χ0) is 37.7. The number of halogens is 4. The molecule has 0 spiro atoms. The van der Waals surface area contributed by atoms with Crippen molar-refractivity contribution in [3.05, 3.63) is 60.2 Å². The van der Waals surface area contributed by atoms with Gasteiger partial charge in [-0.1, -0.05) is 13.8 Å². The summed E-state index contributed by atoms with van der Waals surface area (Å²) in [6, 6.07) is 5.79. The highest BCUT2D eigenvalue weighted by Gasteiger charge is 2.30. The number of aromatic nitrogens is 4. The molecule has 16 heteroatoms. The lowest BCUT2D eigenvalue weighted by molar-refractivity contribution is -0.130. The van der Waals surface area contributed by atoms with Crippen LogP contribution in [0.15, 0.2) is 49.1 Å². The number of nitrogens with zero attached hydrogens (tertiary/aromatic N) is 6. The molecule has 0 radical (unpaired) electrons. The van der Waals surface area contributed by atoms with Gasteiger partial charge in [0.15, 0.2) is 0 Å². The maximum Gasteiger partial charge on any atom is 0.266 e. The number of piperidine rings is 2. The summed E-state index contributed by atoms with van der Waals surface area (Å²) in [6.07, 6.45) is -0.0343. The number of aliphatic hydroxyl groups is 2. The largest absolute Gasteiger partial charge is 0.384 e. The third kappa shape index (κ3) is 9.02. The zero-order valence-electron chi connectivity index (χ0n) is 29.4. The van der Waals surface area contributed by atoms with Crippen molar-refractivity contribution in [2.45, 2.75) is 77.7 Å². The molecule has 2 unspecified atom stereocenters. The number of carbonyl (C=O) groups is 2. The first kappa shape index (κ1) is 38.5. The first-order valence-electron chi connectivity index (χ1n) is 17.2. The summed E-state index contributed by atoms with van der Waals surface area (Å²) in [4.78, 5) is 44.4. The standard InChI is InChI=1S/2C18H22F2N4O2/c2*1-10-7-12(23-18(26)11(2)25)9-24(8-10)14-4-3-13(17(19)20)15-16(14)22-6-5-21-15/h2*3-6,10-12,17,25H,7-9H2,1-2H3,(H,23,26)/t2*10-,11?,12+/m00/s1. The van der Waals surface area contributed by atoms with E-state index in [9.17, 15) is 37.4 Å². The molecule has 2 aliphatic heterocycles. The highest BCUT2D eigenvalue weighted by molar-refractivity contribution is 5.91. The van der Waals surface area contributed by atoms with Crippen molar-refractivity contribution in [3.63, 3.8) is 0 Å². The van der Waals surface area contributed by atoms with Crippen LogP contribution in [0.25, 0.3) is 22.1 Å². The van der Waals surface area contributed by atoms with Gasteiger partial charge in [-0.05, 0) is 62.8 Å². The molecule has 2 fully saturated rings. The van der Waals surface area contributed by atoms with Crippen LogP contribution in [0.4, 0.5) is 28.9 Å². The quantitative estimate of drug-likeness (QED) is 0.190. The second-order valence-electron chi connectivity index (χ2n) is 13.7. The van der Waals surface area contributed by atoms with Gasteiger partial charge in [-0.25, -0.2) is 17.6 Å². The number of hydrogen-bond donors (Lipinski definition) is 4. The van der Waals surface area contributed by atoms with Gasteiger partial charge in [0.25, 0.3) is 12.9 Å². The number of hydrogen-bond acceptors (Lipinski definition) is 10. The molecule has 12 nitrogen and oxygen atoms in total. The average molecular weight is 729 g/mol. The topological polar surface area (TPSA) is 157 Å². The summed E-state index contributed by atoms with van der Waals surface area (Å²) in [7, 11) is 0. The van der Waals surface area contributed by atoms with Gasteiger partial charge in [0.2, 0.25) is 11.8 Å². The number of fused-ring (bicyclic) bond motifs is 2. The van der Waals surface area contributed by atoms with Crippen LogP contribution in [-0.4, -0.2) is 92.4 Å². The maximum absolute atomic E-state index is 13.3. The van der Waals surface area contributed by atoms with Crippen molar-refractivity contribution >= 4 is 45.3 Å². The maximum atomic E-state index is 13.3. The van der Waals surface area contributed by atoms with Gasteiger partial charge in [0, 0.05) is 74.2 Å². The molecular formula is C36H44F4N8O4. The van der Waals surface area contributed by atoms with E-state index in [2.05, 4.69) is 44.4 Å². The van der Waals surface area contributed by atoms with Crippen molar-refractivity contribution < 1.29 is 37.4 Å². The highest BCUT2D eigenvalue weighted by atomic mass is 19.3. The van der Waals surface area contributed by atoms with Gasteiger partial charge < -0.3 is 30.6 Å². The minimum absolute atomic E-state index is 0.137. The Morgan fingerprint density at radius 2 is 0.981 bits per heavy atom. The average Bonchev–Trinajstić information content (AvgIpc) is 3.10. The Hall–Kier alpha value is -4.70. The van der Waals surface area contributed by atoms with E-state index in [1.54, 1.807) is 12.1 Å². The molecule has 6 rings (SSSR count).